The summed E-state index contributed by atoms with van der Waals surface area (Å²) in [5.41, 5.74) is 1.91. The highest BCUT2D eigenvalue weighted by molar-refractivity contribution is 7.99. The summed E-state index contributed by atoms with van der Waals surface area (Å²) in [6.07, 6.45) is 8.22. The Bertz CT molecular complexity index is 1060. The van der Waals surface area contributed by atoms with Crippen LogP contribution in [-0.4, -0.2) is 26.1 Å². The number of nitro benzene ring substituents is 1. The van der Waals surface area contributed by atoms with Crippen LogP contribution in [0.2, 0.25) is 0 Å². The van der Waals surface area contributed by atoms with Gasteiger partial charge in [-0.1, -0.05) is 41.9 Å². The molecular formula is C19H13N3O3S. The maximum absolute atomic E-state index is 12.7. The van der Waals surface area contributed by atoms with Crippen LogP contribution in [0.5, 0.6) is 0 Å². The third-order valence-corrected chi connectivity index (χ3v) is 4.38. The van der Waals surface area contributed by atoms with Gasteiger partial charge in [-0.2, -0.15) is 0 Å². The van der Waals surface area contributed by atoms with Crippen LogP contribution < -0.4 is 0 Å². The van der Waals surface area contributed by atoms with Crippen LogP contribution >= 0.6 is 11.8 Å². The lowest BCUT2D eigenvalue weighted by Crippen LogP contribution is -2.08. The third kappa shape index (κ3) is 3.66. The van der Waals surface area contributed by atoms with Gasteiger partial charge in [0.15, 0.2) is 5.16 Å². The lowest BCUT2D eigenvalue weighted by atomic mass is 10.2. The molecule has 0 saturated heterocycles. The molecule has 26 heavy (non-hydrogen) atoms. The second-order valence-corrected chi connectivity index (χ2v) is 6.18. The number of carbonyl (C=O) groups is 1. The first-order valence-corrected chi connectivity index (χ1v) is 8.59. The molecule has 7 heteroatoms. The number of para-hydroxylation sites is 2. The normalized spacial score (nSPS) is 10.9. The number of hydrogen-bond acceptors (Lipinski definition) is 5. The highest BCUT2D eigenvalue weighted by Crippen LogP contribution is 2.24. The second kappa shape index (κ2) is 7.68. The van der Waals surface area contributed by atoms with Gasteiger partial charge in [0, 0.05) is 18.2 Å². The van der Waals surface area contributed by atoms with Gasteiger partial charge in [0.1, 0.15) is 0 Å². The van der Waals surface area contributed by atoms with Gasteiger partial charge < -0.3 is 0 Å². The maximum atomic E-state index is 12.7. The molecule has 3 rings (SSSR count). The molecule has 3 aromatic rings. The highest BCUT2D eigenvalue weighted by Gasteiger charge is 2.15. The Morgan fingerprint density at radius 2 is 2.12 bits per heavy atom. The van der Waals surface area contributed by atoms with Gasteiger partial charge in [0.2, 0.25) is 0 Å². The van der Waals surface area contributed by atoms with E-state index in [9.17, 15) is 14.9 Å². The zero-order valence-corrected chi connectivity index (χ0v) is 14.3. The number of nitro groups is 1. The molecule has 0 aliphatic rings. The van der Waals surface area contributed by atoms with E-state index in [2.05, 4.69) is 10.9 Å². The van der Waals surface area contributed by atoms with Gasteiger partial charge in [-0.3, -0.25) is 19.5 Å². The van der Waals surface area contributed by atoms with E-state index < -0.39 is 4.92 Å². The van der Waals surface area contributed by atoms with Crippen molar-refractivity contribution in [2.75, 3.05) is 5.75 Å². The molecule has 0 amide bonds. The average Bonchev–Trinajstić information content (AvgIpc) is 3.03. The third-order valence-electron chi connectivity index (χ3n) is 3.53. The first kappa shape index (κ1) is 17.5. The van der Waals surface area contributed by atoms with Crippen LogP contribution in [0, 0.1) is 22.5 Å². The maximum Gasteiger partial charge on any atom is 0.270 e. The van der Waals surface area contributed by atoms with Crippen LogP contribution in [0.4, 0.5) is 5.69 Å². The summed E-state index contributed by atoms with van der Waals surface area (Å²) in [5, 5.41) is 11.4. The molecule has 0 aliphatic heterocycles. The van der Waals surface area contributed by atoms with Crippen molar-refractivity contribution >= 4 is 40.5 Å². The molecule has 0 bridgehead atoms. The van der Waals surface area contributed by atoms with E-state index in [0.29, 0.717) is 27.5 Å². The summed E-state index contributed by atoms with van der Waals surface area (Å²) in [7, 11) is 0. The van der Waals surface area contributed by atoms with E-state index in [1.807, 2.05) is 18.2 Å². The monoisotopic (exact) mass is 363 g/mol. The van der Waals surface area contributed by atoms with Gasteiger partial charge in [0.25, 0.3) is 11.6 Å². The van der Waals surface area contributed by atoms with Crippen molar-refractivity contribution in [1.82, 2.24) is 9.55 Å². The Kier molecular flexibility index (Phi) is 5.15. The standard InChI is InChI=1S/C19H13N3O3S/c1-2-12-26-19-20-16-8-3-4-9-17(16)21(19)18(23)11-10-14-6-5-7-15(13-14)22(24)25/h1,3-11,13H,12H2. The zero-order chi connectivity index (χ0) is 18.5. The van der Waals surface area contributed by atoms with Gasteiger partial charge in [-0.15, -0.1) is 6.42 Å². The summed E-state index contributed by atoms with van der Waals surface area (Å²) in [6.45, 7) is 0. The number of carbonyl (C=O) groups excluding carboxylic acids is 1. The topological polar surface area (TPSA) is 78.0 Å². The van der Waals surface area contributed by atoms with Crippen LogP contribution in [0.3, 0.4) is 0 Å². The minimum Gasteiger partial charge on any atom is -0.269 e. The molecule has 0 radical (unpaired) electrons. The molecule has 128 valence electrons. The molecule has 1 aromatic heterocycles. The van der Waals surface area contributed by atoms with Gasteiger partial charge in [-0.25, -0.2) is 4.98 Å². The first-order chi connectivity index (χ1) is 12.6. The fourth-order valence-electron chi connectivity index (χ4n) is 2.40. The molecule has 0 saturated carbocycles. The van der Waals surface area contributed by atoms with Gasteiger partial charge in [-0.05, 0) is 23.8 Å². The van der Waals surface area contributed by atoms with Crippen molar-refractivity contribution in [1.29, 1.82) is 0 Å². The first-order valence-electron chi connectivity index (χ1n) is 7.61. The molecule has 0 atom stereocenters. The van der Waals surface area contributed by atoms with Gasteiger partial charge in [0.05, 0.1) is 21.7 Å². The number of thioether (sulfide) groups is 1. The molecule has 2 aromatic carbocycles. The highest BCUT2D eigenvalue weighted by atomic mass is 32.2. The van der Waals surface area contributed by atoms with Crippen molar-refractivity contribution in [3.63, 3.8) is 0 Å². The van der Waals surface area contributed by atoms with Crippen LogP contribution in [0.1, 0.15) is 10.4 Å². The fraction of sp³-hybridized carbons (Fsp3) is 0.0526. The van der Waals surface area contributed by atoms with Crippen molar-refractivity contribution in [2.45, 2.75) is 5.16 Å². The lowest BCUT2D eigenvalue weighted by Gasteiger charge is -2.03. The Balaban J connectivity index is 1.95. The van der Waals surface area contributed by atoms with Crippen LogP contribution in [-0.2, 0) is 0 Å². The van der Waals surface area contributed by atoms with E-state index in [1.165, 1.54) is 34.5 Å². The second-order valence-electron chi connectivity index (χ2n) is 5.23. The van der Waals surface area contributed by atoms with Crippen molar-refractivity contribution in [2.24, 2.45) is 0 Å². The van der Waals surface area contributed by atoms with E-state index in [-0.39, 0.29) is 11.6 Å². The Hall–Kier alpha value is -3.37. The molecule has 0 fully saturated rings. The number of fused-ring (bicyclic) bond motifs is 1. The van der Waals surface area contributed by atoms with Crippen molar-refractivity contribution in [3.8, 4) is 12.3 Å². The molecule has 0 unspecified atom stereocenters. The molecule has 0 aliphatic carbocycles. The summed E-state index contributed by atoms with van der Waals surface area (Å²) >= 11 is 1.30. The lowest BCUT2D eigenvalue weighted by molar-refractivity contribution is -0.384. The smallest absolute Gasteiger partial charge is 0.269 e. The number of terminal acetylenes is 1. The van der Waals surface area contributed by atoms with Crippen molar-refractivity contribution < 1.29 is 9.72 Å². The van der Waals surface area contributed by atoms with E-state index in [0.717, 1.165) is 0 Å². The minimum atomic E-state index is -0.475. The molecular weight excluding hydrogens is 350 g/mol. The number of allylic oxidation sites excluding steroid dienone is 1. The number of nitrogens with zero attached hydrogens (tertiary/aromatic N) is 3. The van der Waals surface area contributed by atoms with Crippen molar-refractivity contribution in [3.05, 3.63) is 70.3 Å². The summed E-state index contributed by atoms with van der Waals surface area (Å²) in [5.74, 6) is 2.61. The number of aromatic nitrogens is 2. The Morgan fingerprint density at radius 3 is 2.88 bits per heavy atom. The molecule has 0 N–H and O–H groups in total. The van der Waals surface area contributed by atoms with E-state index in [1.54, 1.807) is 24.3 Å². The SMILES string of the molecule is C#CCSc1nc2ccccc2n1C(=O)C=Cc1cccc([N+](=O)[O-])c1. The molecule has 1 heterocycles. The average molecular weight is 363 g/mol. The number of hydrogen-bond donors (Lipinski definition) is 0. The van der Waals surface area contributed by atoms with Crippen LogP contribution in [0.25, 0.3) is 17.1 Å². The summed E-state index contributed by atoms with van der Waals surface area (Å²) in [6, 6.07) is 13.4. The predicted molar refractivity (Wildman–Crippen MR) is 102 cm³/mol. The number of non-ortho nitro benzene ring substituents is 1. The number of imidazole rings is 1. The Labute approximate surface area is 153 Å². The fourth-order valence-corrected chi connectivity index (χ4v) is 3.10. The summed E-state index contributed by atoms with van der Waals surface area (Å²) < 4.78 is 1.49. The molecule has 0 spiro atoms. The minimum absolute atomic E-state index is 0.0297. The van der Waals surface area contributed by atoms with Crippen LogP contribution in [0.15, 0.2) is 59.8 Å². The van der Waals surface area contributed by atoms with Gasteiger partial charge >= 0.3 is 0 Å². The summed E-state index contributed by atoms with van der Waals surface area (Å²) in [4.78, 5) is 27.6. The zero-order valence-electron chi connectivity index (χ0n) is 13.5. The predicted octanol–water partition coefficient (Wildman–Crippen LogP) is 4.02. The quantitative estimate of drug-likeness (QED) is 0.225. The van der Waals surface area contributed by atoms with E-state index in [4.69, 9.17) is 6.42 Å². The van der Waals surface area contributed by atoms with E-state index >= 15 is 0 Å². The Morgan fingerprint density at radius 1 is 1.31 bits per heavy atom. The largest absolute Gasteiger partial charge is 0.270 e. The molecule has 6 nitrogen and oxygen atoms in total. The number of benzene rings is 2. The number of rotatable bonds is 5.